The summed E-state index contributed by atoms with van der Waals surface area (Å²) in [6, 6.07) is 14.7. The third-order valence-corrected chi connectivity index (χ3v) is 4.49. The summed E-state index contributed by atoms with van der Waals surface area (Å²) in [7, 11) is 0. The number of hydrogen-bond acceptors (Lipinski definition) is 3. The van der Waals surface area contributed by atoms with Crippen molar-refractivity contribution in [3.8, 4) is 11.1 Å². The SMILES string of the molecule is C=CCc1cnc2cc(-c3ccc(/C=C/CCCC(C)O)cc3)ccc2n1. The van der Waals surface area contributed by atoms with Crippen LogP contribution in [-0.4, -0.2) is 21.2 Å². The largest absolute Gasteiger partial charge is 0.393 e. The topological polar surface area (TPSA) is 46.0 Å². The summed E-state index contributed by atoms with van der Waals surface area (Å²) in [6.07, 6.45) is 11.3. The highest BCUT2D eigenvalue weighted by Crippen LogP contribution is 2.23. The van der Waals surface area contributed by atoms with Crippen molar-refractivity contribution in [1.29, 1.82) is 0 Å². The lowest BCUT2D eigenvalue weighted by molar-refractivity contribution is 0.182. The van der Waals surface area contributed by atoms with Crippen molar-refractivity contribution in [2.24, 2.45) is 0 Å². The average Bonchev–Trinajstić information content (AvgIpc) is 2.68. The molecular formula is C24H26N2O. The number of aliphatic hydroxyl groups is 1. The molecule has 0 radical (unpaired) electrons. The number of hydrogen-bond donors (Lipinski definition) is 1. The summed E-state index contributed by atoms with van der Waals surface area (Å²) in [4.78, 5) is 9.15. The molecule has 3 nitrogen and oxygen atoms in total. The second-order valence-corrected chi connectivity index (χ2v) is 6.86. The van der Waals surface area contributed by atoms with Crippen LogP contribution in [-0.2, 0) is 6.42 Å². The van der Waals surface area contributed by atoms with Gasteiger partial charge in [0.05, 0.1) is 22.8 Å². The maximum atomic E-state index is 9.27. The molecule has 1 unspecified atom stereocenters. The molecule has 0 aliphatic heterocycles. The van der Waals surface area contributed by atoms with Gasteiger partial charge in [-0.05, 0) is 55.0 Å². The van der Waals surface area contributed by atoms with E-state index < -0.39 is 0 Å². The number of rotatable bonds is 8. The van der Waals surface area contributed by atoms with Crippen LogP contribution >= 0.6 is 0 Å². The van der Waals surface area contributed by atoms with Crippen LogP contribution in [0.2, 0.25) is 0 Å². The van der Waals surface area contributed by atoms with Crippen molar-refractivity contribution in [2.45, 2.75) is 38.7 Å². The molecular weight excluding hydrogens is 332 g/mol. The molecule has 138 valence electrons. The standard InChI is InChI=1S/C24H26N2O/c1-3-7-22-17-25-24-16-21(14-15-23(24)26-22)20-12-10-19(11-13-20)9-6-4-5-8-18(2)27/h3,6,9-18,27H,1,4-5,7-8H2,2H3/b9-6+. The maximum Gasteiger partial charge on any atom is 0.0893 e. The lowest BCUT2D eigenvalue weighted by Crippen LogP contribution is -1.97. The molecule has 0 aliphatic carbocycles. The van der Waals surface area contributed by atoms with Gasteiger partial charge in [-0.3, -0.25) is 4.98 Å². The fourth-order valence-electron chi connectivity index (χ4n) is 3.01. The lowest BCUT2D eigenvalue weighted by Gasteiger charge is -2.05. The highest BCUT2D eigenvalue weighted by Gasteiger charge is 2.03. The number of aliphatic hydroxyl groups excluding tert-OH is 1. The molecule has 0 aliphatic rings. The van der Waals surface area contributed by atoms with Gasteiger partial charge in [-0.15, -0.1) is 6.58 Å². The predicted molar refractivity (Wildman–Crippen MR) is 113 cm³/mol. The molecule has 0 fully saturated rings. The number of nitrogens with zero attached hydrogens (tertiary/aromatic N) is 2. The van der Waals surface area contributed by atoms with Gasteiger partial charge in [0.25, 0.3) is 0 Å². The first-order valence-electron chi connectivity index (χ1n) is 9.47. The summed E-state index contributed by atoms with van der Waals surface area (Å²) < 4.78 is 0. The molecule has 1 atom stereocenters. The van der Waals surface area contributed by atoms with Crippen molar-refractivity contribution in [3.05, 3.63) is 78.6 Å². The van der Waals surface area contributed by atoms with Gasteiger partial charge in [-0.25, -0.2) is 4.98 Å². The fourth-order valence-corrected chi connectivity index (χ4v) is 3.01. The third kappa shape index (κ3) is 5.35. The third-order valence-electron chi connectivity index (χ3n) is 4.49. The van der Waals surface area contributed by atoms with Crippen molar-refractivity contribution >= 4 is 17.1 Å². The Morgan fingerprint density at radius 1 is 1.07 bits per heavy atom. The average molecular weight is 358 g/mol. The monoisotopic (exact) mass is 358 g/mol. The number of fused-ring (bicyclic) bond motifs is 1. The van der Waals surface area contributed by atoms with E-state index in [0.717, 1.165) is 48.0 Å². The van der Waals surface area contributed by atoms with Crippen LogP contribution < -0.4 is 0 Å². The van der Waals surface area contributed by atoms with Crippen molar-refractivity contribution in [3.63, 3.8) is 0 Å². The zero-order chi connectivity index (χ0) is 19.1. The molecule has 1 N–H and O–H groups in total. The van der Waals surface area contributed by atoms with E-state index in [1.807, 2.05) is 25.3 Å². The molecule has 0 bridgehead atoms. The molecule has 0 saturated heterocycles. The number of aromatic nitrogens is 2. The molecule has 1 aromatic heterocycles. The highest BCUT2D eigenvalue weighted by molar-refractivity contribution is 5.81. The van der Waals surface area contributed by atoms with Gasteiger partial charge in [0.1, 0.15) is 0 Å². The zero-order valence-corrected chi connectivity index (χ0v) is 15.8. The van der Waals surface area contributed by atoms with Crippen LogP contribution in [0.4, 0.5) is 0 Å². The maximum absolute atomic E-state index is 9.27. The van der Waals surface area contributed by atoms with Crippen LogP contribution in [0.3, 0.4) is 0 Å². The first-order valence-corrected chi connectivity index (χ1v) is 9.47. The Labute approximate surface area is 161 Å². The smallest absolute Gasteiger partial charge is 0.0893 e. The highest BCUT2D eigenvalue weighted by atomic mass is 16.3. The molecule has 3 heteroatoms. The molecule has 27 heavy (non-hydrogen) atoms. The second-order valence-electron chi connectivity index (χ2n) is 6.86. The van der Waals surface area contributed by atoms with E-state index in [1.54, 1.807) is 0 Å². The Morgan fingerprint density at radius 3 is 2.59 bits per heavy atom. The van der Waals surface area contributed by atoms with E-state index in [1.165, 1.54) is 11.1 Å². The summed E-state index contributed by atoms with van der Waals surface area (Å²) in [6.45, 7) is 5.58. The number of benzene rings is 2. The molecule has 0 amide bonds. The Kier molecular flexibility index (Phi) is 6.50. The Morgan fingerprint density at radius 2 is 1.85 bits per heavy atom. The molecule has 3 aromatic rings. The van der Waals surface area contributed by atoms with Gasteiger partial charge in [0.2, 0.25) is 0 Å². The van der Waals surface area contributed by atoms with Crippen LogP contribution in [0.1, 0.15) is 37.4 Å². The predicted octanol–water partition coefficient (Wildman–Crippen LogP) is 5.59. The van der Waals surface area contributed by atoms with Gasteiger partial charge in [0.15, 0.2) is 0 Å². The van der Waals surface area contributed by atoms with Crippen LogP contribution in [0.5, 0.6) is 0 Å². The molecule has 2 aromatic carbocycles. The number of unbranched alkanes of at least 4 members (excludes halogenated alkanes) is 1. The van der Waals surface area contributed by atoms with E-state index in [4.69, 9.17) is 0 Å². The van der Waals surface area contributed by atoms with E-state index in [-0.39, 0.29) is 6.10 Å². The fraction of sp³-hybridized carbons (Fsp3) is 0.250. The van der Waals surface area contributed by atoms with E-state index in [0.29, 0.717) is 0 Å². The van der Waals surface area contributed by atoms with Gasteiger partial charge in [0, 0.05) is 12.6 Å². The summed E-state index contributed by atoms with van der Waals surface area (Å²) in [5.41, 5.74) is 6.25. The van der Waals surface area contributed by atoms with Gasteiger partial charge >= 0.3 is 0 Å². The summed E-state index contributed by atoms with van der Waals surface area (Å²) in [5.74, 6) is 0. The Hall–Kier alpha value is -2.78. The normalized spacial score (nSPS) is 12.5. The quantitative estimate of drug-likeness (QED) is 0.422. The molecule has 3 rings (SSSR count). The Balaban J connectivity index is 1.70. The summed E-state index contributed by atoms with van der Waals surface area (Å²) in [5, 5.41) is 9.27. The van der Waals surface area contributed by atoms with Crippen molar-refractivity contribution in [1.82, 2.24) is 9.97 Å². The van der Waals surface area contributed by atoms with Crippen molar-refractivity contribution in [2.75, 3.05) is 0 Å². The van der Waals surface area contributed by atoms with Gasteiger partial charge in [-0.1, -0.05) is 48.6 Å². The van der Waals surface area contributed by atoms with Crippen LogP contribution in [0, 0.1) is 0 Å². The first kappa shape index (κ1) is 19.0. The van der Waals surface area contributed by atoms with Crippen molar-refractivity contribution < 1.29 is 5.11 Å². The minimum absolute atomic E-state index is 0.210. The lowest BCUT2D eigenvalue weighted by atomic mass is 10.0. The molecule has 1 heterocycles. The first-order chi connectivity index (χ1) is 13.2. The Bertz CT molecular complexity index is 927. The van der Waals surface area contributed by atoms with Gasteiger partial charge < -0.3 is 5.11 Å². The second kappa shape index (κ2) is 9.24. The molecule has 0 spiro atoms. The van der Waals surface area contributed by atoms with Gasteiger partial charge in [-0.2, -0.15) is 0 Å². The minimum Gasteiger partial charge on any atom is -0.393 e. The molecule has 0 saturated carbocycles. The minimum atomic E-state index is -0.210. The summed E-state index contributed by atoms with van der Waals surface area (Å²) >= 11 is 0. The van der Waals surface area contributed by atoms with Crippen LogP contribution in [0.15, 0.2) is 67.4 Å². The number of allylic oxidation sites excluding steroid dienone is 2. The van der Waals surface area contributed by atoms with Crippen LogP contribution in [0.25, 0.3) is 28.2 Å². The van der Waals surface area contributed by atoms with E-state index >= 15 is 0 Å². The zero-order valence-electron chi connectivity index (χ0n) is 15.8. The van der Waals surface area contributed by atoms with E-state index in [9.17, 15) is 5.11 Å². The van der Waals surface area contributed by atoms with E-state index in [2.05, 4.69) is 65.1 Å².